The van der Waals surface area contributed by atoms with E-state index in [9.17, 15) is 0 Å². The molecule has 1 aromatic rings. The molecule has 0 aliphatic carbocycles. The van der Waals surface area contributed by atoms with E-state index < -0.39 is 0 Å². The number of rotatable bonds is 1. The Morgan fingerprint density at radius 3 is 2.29 bits per heavy atom. The minimum Gasteiger partial charge on any atom is -0.439 e. The summed E-state index contributed by atoms with van der Waals surface area (Å²) in [6, 6.07) is 13.2. The first-order valence-corrected chi connectivity index (χ1v) is 5.01. The van der Waals surface area contributed by atoms with Crippen LogP contribution in [0.3, 0.4) is 0 Å². The maximum atomic E-state index is 9.06. The number of hydrogen-bond acceptors (Lipinski definition) is 4. The molecular formula is C13H9N3O. The Labute approximate surface area is 98.8 Å². The van der Waals surface area contributed by atoms with Crippen LogP contribution in [0.15, 0.2) is 47.4 Å². The van der Waals surface area contributed by atoms with E-state index in [1.165, 1.54) is 0 Å². The van der Waals surface area contributed by atoms with Crippen molar-refractivity contribution in [1.29, 1.82) is 10.5 Å². The van der Waals surface area contributed by atoms with Crippen LogP contribution >= 0.6 is 0 Å². The molecule has 4 nitrogen and oxygen atoms in total. The van der Waals surface area contributed by atoms with Crippen LogP contribution in [0.4, 0.5) is 0 Å². The van der Waals surface area contributed by atoms with Gasteiger partial charge in [0.25, 0.3) is 0 Å². The molecule has 0 spiro atoms. The SMILES string of the molecule is N#CC1=C(N)OC(c2ccccc2)=C(C#N)C1. The molecule has 0 fully saturated rings. The van der Waals surface area contributed by atoms with Gasteiger partial charge in [0.05, 0.1) is 17.2 Å². The summed E-state index contributed by atoms with van der Waals surface area (Å²) in [6.45, 7) is 0. The Morgan fingerprint density at radius 2 is 1.71 bits per heavy atom. The van der Waals surface area contributed by atoms with Crippen LogP contribution < -0.4 is 5.73 Å². The van der Waals surface area contributed by atoms with Crippen molar-refractivity contribution < 1.29 is 4.74 Å². The molecular weight excluding hydrogens is 214 g/mol. The fraction of sp³-hybridized carbons (Fsp3) is 0.0769. The van der Waals surface area contributed by atoms with Crippen LogP contribution in [0.5, 0.6) is 0 Å². The molecule has 2 rings (SSSR count). The first-order valence-electron chi connectivity index (χ1n) is 5.01. The van der Waals surface area contributed by atoms with Crippen LogP contribution in [-0.2, 0) is 4.74 Å². The molecule has 0 aromatic heterocycles. The maximum absolute atomic E-state index is 9.06. The van der Waals surface area contributed by atoms with Gasteiger partial charge >= 0.3 is 0 Å². The fourth-order valence-corrected chi connectivity index (χ4v) is 1.58. The molecule has 2 N–H and O–H groups in total. The van der Waals surface area contributed by atoms with Crippen LogP contribution in [0.1, 0.15) is 12.0 Å². The normalized spacial score (nSPS) is 14.9. The molecule has 1 aromatic carbocycles. The van der Waals surface area contributed by atoms with Gasteiger partial charge in [-0.3, -0.25) is 0 Å². The van der Waals surface area contributed by atoms with Crippen LogP contribution in [0.25, 0.3) is 5.76 Å². The van der Waals surface area contributed by atoms with E-state index >= 15 is 0 Å². The van der Waals surface area contributed by atoms with E-state index in [2.05, 4.69) is 6.07 Å². The van der Waals surface area contributed by atoms with Crippen molar-refractivity contribution in [2.45, 2.75) is 6.42 Å². The molecule has 1 heterocycles. The molecule has 0 atom stereocenters. The van der Waals surface area contributed by atoms with Crippen molar-refractivity contribution >= 4 is 5.76 Å². The molecule has 0 saturated heterocycles. The highest BCUT2D eigenvalue weighted by Gasteiger charge is 2.21. The number of nitrogens with zero attached hydrogens (tertiary/aromatic N) is 2. The summed E-state index contributed by atoms with van der Waals surface area (Å²) in [7, 11) is 0. The second kappa shape index (κ2) is 4.42. The van der Waals surface area contributed by atoms with E-state index in [0.717, 1.165) is 5.56 Å². The first-order chi connectivity index (χ1) is 8.26. The summed E-state index contributed by atoms with van der Waals surface area (Å²) in [5, 5.41) is 17.9. The highest BCUT2D eigenvalue weighted by atomic mass is 16.5. The topological polar surface area (TPSA) is 82.8 Å². The monoisotopic (exact) mass is 223 g/mol. The lowest BCUT2D eigenvalue weighted by molar-refractivity contribution is 0.361. The second-order valence-electron chi connectivity index (χ2n) is 3.52. The quantitative estimate of drug-likeness (QED) is 0.789. The molecule has 0 unspecified atom stereocenters. The highest BCUT2D eigenvalue weighted by Crippen LogP contribution is 2.30. The summed E-state index contributed by atoms with van der Waals surface area (Å²) >= 11 is 0. The summed E-state index contributed by atoms with van der Waals surface area (Å²) in [6.07, 6.45) is 0.225. The van der Waals surface area contributed by atoms with Gasteiger partial charge in [-0.05, 0) is 0 Å². The van der Waals surface area contributed by atoms with Crippen LogP contribution in [-0.4, -0.2) is 0 Å². The van der Waals surface area contributed by atoms with E-state index in [4.69, 9.17) is 21.0 Å². The zero-order valence-corrected chi connectivity index (χ0v) is 8.97. The highest BCUT2D eigenvalue weighted by molar-refractivity contribution is 5.69. The minimum atomic E-state index is 0.0744. The van der Waals surface area contributed by atoms with E-state index in [1.54, 1.807) is 0 Å². The maximum Gasteiger partial charge on any atom is 0.205 e. The molecule has 1 aliphatic rings. The summed E-state index contributed by atoms with van der Waals surface area (Å²) in [5.41, 5.74) is 7.12. The van der Waals surface area contributed by atoms with Gasteiger partial charge in [-0.2, -0.15) is 10.5 Å². The molecule has 0 bridgehead atoms. The lowest BCUT2D eigenvalue weighted by Gasteiger charge is -2.18. The number of allylic oxidation sites excluding steroid dienone is 2. The molecule has 17 heavy (non-hydrogen) atoms. The van der Waals surface area contributed by atoms with Crippen molar-refractivity contribution in [2.75, 3.05) is 0 Å². The lowest BCUT2D eigenvalue weighted by atomic mass is 10.0. The zero-order valence-electron chi connectivity index (χ0n) is 8.97. The largest absolute Gasteiger partial charge is 0.439 e. The van der Waals surface area contributed by atoms with Crippen LogP contribution in [0.2, 0.25) is 0 Å². The number of hydrogen-bond donors (Lipinski definition) is 1. The standard InChI is InChI=1S/C13H9N3O/c14-7-10-6-11(8-15)13(16)17-12(10)9-4-2-1-3-5-9/h1-5H,6,16H2. The Bertz CT molecular complexity index is 585. The van der Waals surface area contributed by atoms with Gasteiger partial charge in [0.2, 0.25) is 5.88 Å². The van der Waals surface area contributed by atoms with Crippen molar-refractivity contribution in [3.8, 4) is 12.1 Å². The van der Waals surface area contributed by atoms with Crippen LogP contribution in [0, 0.1) is 22.7 Å². The molecule has 1 aliphatic heterocycles. The van der Waals surface area contributed by atoms with Crippen molar-refractivity contribution in [3.05, 3.63) is 52.9 Å². The van der Waals surface area contributed by atoms with Gasteiger partial charge in [0.15, 0.2) is 5.76 Å². The van der Waals surface area contributed by atoms with E-state index in [0.29, 0.717) is 16.9 Å². The zero-order chi connectivity index (χ0) is 12.3. The predicted molar refractivity (Wildman–Crippen MR) is 61.5 cm³/mol. The fourth-order valence-electron chi connectivity index (χ4n) is 1.58. The third-order valence-electron chi connectivity index (χ3n) is 2.44. The third-order valence-corrected chi connectivity index (χ3v) is 2.44. The van der Waals surface area contributed by atoms with E-state index in [1.807, 2.05) is 36.4 Å². The summed E-state index contributed by atoms with van der Waals surface area (Å²) < 4.78 is 5.37. The second-order valence-corrected chi connectivity index (χ2v) is 3.52. The summed E-state index contributed by atoms with van der Waals surface area (Å²) in [5.74, 6) is 0.509. The Hall–Kier alpha value is -2.72. The van der Waals surface area contributed by atoms with Gasteiger partial charge in [0, 0.05) is 12.0 Å². The molecule has 0 radical (unpaired) electrons. The van der Waals surface area contributed by atoms with Gasteiger partial charge < -0.3 is 10.5 Å². The van der Waals surface area contributed by atoms with Crippen molar-refractivity contribution in [3.63, 3.8) is 0 Å². The lowest BCUT2D eigenvalue weighted by Crippen LogP contribution is -2.12. The Kier molecular flexibility index (Phi) is 2.81. The minimum absolute atomic E-state index is 0.0744. The predicted octanol–water partition coefficient (Wildman–Crippen LogP) is 2.04. The molecule has 0 amide bonds. The van der Waals surface area contributed by atoms with Crippen molar-refractivity contribution in [2.24, 2.45) is 5.73 Å². The average molecular weight is 223 g/mol. The van der Waals surface area contributed by atoms with Gasteiger partial charge in [-0.15, -0.1) is 0 Å². The first kappa shape index (κ1) is 10.8. The van der Waals surface area contributed by atoms with Gasteiger partial charge in [-0.25, -0.2) is 0 Å². The molecule has 82 valence electrons. The van der Waals surface area contributed by atoms with Crippen molar-refractivity contribution in [1.82, 2.24) is 0 Å². The Morgan fingerprint density at radius 1 is 1.06 bits per heavy atom. The smallest absolute Gasteiger partial charge is 0.205 e. The molecule has 4 heteroatoms. The average Bonchev–Trinajstić information content (AvgIpc) is 2.39. The van der Waals surface area contributed by atoms with Gasteiger partial charge in [0.1, 0.15) is 6.07 Å². The number of benzene rings is 1. The number of nitriles is 2. The van der Waals surface area contributed by atoms with E-state index in [-0.39, 0.29) is 12.3 Å². The van der Waals surface area contributed by atoms with Gasteiger partial charge in [-0.1, -0.05) is 30.3 Å². The number of nitrogens with two attached hydrogens (primary N) is 1. The summed E-state index contributed by atoms with van der Waals surface area (Å²) in [4.78, 5) is 0. The third kappa shape index (κ3) is 1.97. The molecule has 0 saturated carbocycles. The Balaban J connectivity index is 2.45. The number of ether oxygens (including phenoxy) is 1.